The van der Waals surface area contributed by atoms with Crippen LogP contribution in [0.25, 0.3) is 24.3 Å². The average Bonchev–Trinajstić information content (AvgIpc) is 2.88. The number of benzene rings is 3. The minimum Gasteiger partial charge on any atom is -0.241 e. The summed E-state index contributed by atoms with van der Waals surface area (Å²) in [5, 5.41) is 11.8. The van der Waals surface area contributed by atoms with E-state index in [0.29, 0.717) is 26.4 Å². The molecule has 0 bridgehead atoms. The Morgan fingerprint density at radius 1 is 0.778 bits per heavy atom. The van der Waals surface area contributed by atoms with Crippen molar-refractivity contribution in [2.24, 2.45) is 0 Å². The highest BCUT2D eigenvalue weighted by Crippen LogP contribution is 2.31. The highest BCUT2D eigenvalue weighted by Gasteiger charge is 2.12. The number of rotatable bonds is 7. The largest absolute Gasteiger partial charge is 0.241 e. The van der Waals surface area contributed by atoms with Gasteiger partial charge in [-0.25, -0.2) is 4.98 Å². The van der Waals surface area contributed by atoms with Crippen LogP contribution in [0, 0.1) is 25.2 Å². The van der Waals surface area contributed by atoms with E-state index in [0.717, 1.165) is 27.9 Å². The number of nitrogens with zero attached hydrogens (tertiary/aromatic N) is 2. The number of aryl methyl sites for hydroxylation is 2. The van der Waals surface area contributed by atoms with Crippen molar-refractivity contribution in [2.45, 2.75) is 24.6 Å². The summed E-state index contributed by atoms with van der Waals surface area (Å²) >= 11 is 13.8. The number of hydrogen-bond donors (Lipinski definition) is 0. The van der Waals surface area contributed by atoms with Gasteiger partial charge in [0, 0.05) is 5.75 Å². The number of halogens is 2. The lowest BCUT2D eigenvalue weighted by Gasteiger charge is -2.09. The molecule has 0 amide bonds. The van der Waals surface area contributed by atoms with E-state index < -0.39 is 0 Å². The van der Waals surface area contributed by atoms with Crippen molar-refractivity contribution in [1.29, 1.82) is 5.26 Å². The fraction of sp³-hybridized carbons (Fsp3) is 0.0968. The Bertz CT molecular complexity index is 1460. The van der Waals surface area contributed by atoms with E-state index in [1.807, 2.05) is 42.5 Å². The molecule has 178 valence electrons. The second kappa shape index (κ2) is 12.1. The van der Waals surface area contributed by atoms with E-state index in [-0.39, 0.29) is 0 Å². The van der Waals surface area contributed by atoms with Crippen LogP contribution in [0.4, 0.5) is 0 Å². The minimum atomic E-state index is 0.514. The van der Waals surface area contributed by atoms with Gasteiger partial charge < -0.3 is 0 Å². The fourth-order valence-corrected chi connectivity index (χ4v) is 4.78. The van der Waals surface area contributed by atoms with Crippen molar-refractivity contribution in [2.75, 3.05) is 0 Å². The third-order valence-corrected chi connectivity index (χ3v) is 7.35. The van der Waals surface area contributed by atoms with Crippen LogP contribution >= 0.6 is 35.0 Å². The molecule has 0 saturated heterocycles. The Hall–Kier alpha value is -3.29. The third-order valence-electron chi connectivity index (χ3n) is 5.56. The first-order valence-electron chi connectivity index (χ1n) is 11.4. The summed E-state index contributed by atoms with van der Waals surface area (Å²) in [6.07, 6.45) is 8.03. The molecule has 0 N–H and O–H groups in total. The second-order valence-electron chi connectivity index (χ2n) is 8.45. The maximum Gasteiger partial charge on any atom is 0.115 e. The molecule has 0 saturated carbocycles. The summed E-state index contributed by atoms with van der Waals surface area (Å²) in [5.74, 6) is 0.616. The lowest BCUT2D eigenvalue weighted by molar-refractivity contribution is 1.09. The molecule has 0 spiro atoms. The van der Waals surface area contributed by atoms with Crippen LogP contribution in [0.2, 0.25) is 10.0 Å². The van der Waals surface area contributed by atoms with Crippen LogP contribution in [-0.2, 0) is 5.75 Å². The SMILES string of the molecule is Cc1ccc(C=Cc2cc(C=Cc3ccc(C)cc3)c(C#N)c(SCc3ccc(Cl)c(Cl)c3)n2)cc1. The van der Waals surface area contributed by atoms with Gasteiger partial charge >= 0.3 is 0 Å². The van der Waals surface area contributed by atoms with Gasteiger partial charge in [-0.1, -0.05) is 107 Å². The summed E-state index contributed by atoms with van der Waals surface area (Å²) < 4.78 is 0. The Balaban J connectivity index is 1.69. The van der Waals surface area contributed by atoms with Gasteiger partial charge in [0.2, 0.25) is 0 Å². The fourth-order valence-electron chi connectivity index (χ4n) is 3.50. The normalized spacial score (nSPS) is 11.3. The van der Waals surface area contributed by atoms with E-state index >= 15 is 0 Å². The molecule has 0 aliphatic rings. The summed E-state index contributed by atoms with van der Waals surface area (Å²) in [5.41, 5.74) is 7.76. The van der Waals surface area contributed by atoms with Crippen LogP contribution < -0.4 is 0 Å². The summed E-state index contributed by atoms with van der Waals surface area (Å²) in [6, 6.07) is 26.5. The summed E-state index contributed by atoms with van der Waals surface area (Å²) in [7, 11) is 0. The average molecular weight is 528 g/mol. The van der Waals surface area contributed by atoms with E-state index in [2.05, 4.69) is 68.4 Å². The molecule has 0 aliphatic carbocycles. The molecule has 36 heavy (non-hydrogen) atoms. The van der Waals surface area contributed by atoms with Crippen LogP contribution in [0.1, 0.15) is 44.6 Å². The van der Waals surface area contributed by atoms with Gasteiger partial charge in [0.25, 0.3) is 0 Å². The molecule has 0 fully saturated rings. The Morgan fingerprint density at radius 3 is 1.97 bits per heavy atom. The van der Waals surface area contributed by atoms with E-state index in [4.69, 9.17) is 28.2 Å². The topological polar surface area (TPSA) is 36.7 Å². The van der Waals surface area contributed by atoms with E-state index in [1.54, 1.807) is 6.07 Å². The first kappa shape index (κ1) is 25.8. The van der Waals surface area contributed by atoms with E-state index in [1.165, 1.54) is 22.9 Å². The molecule has 3 aromatic carbocycles. The number of pyridine rings is 1. The van der Waals surface area contributed by atoms with Crippen molar-refractivity contribution in [3.63, 3.8) is 0 Å². The lowest BCUT2D eigenvalue weighted by atomic mass is 10.1. The number of aromatic nitrogens is 1. The van der Waals surface area contributed by atoms with Crippen molar-refractivity contribution in [3.8, 4) is 6.07 Å². The van der Waals surface area contributed by atoms with Crippen LogP contribution in [0.15, 0.2) is 77.8 Å². The third kappa shape index (κ3) is 6.89. The van der Waals surface area contributed by atoms with Crippen LogP contribution in [0.5, 0.6) is 0 Å². The van der Waals surface area contributed by atoms with Crippen LogP contribution in [-0.4, -0.2) is 4.98 Å². The molecular formula is C31H24Cl2N2S. The molecule has 4 rings (SSSR count). The zero-order valence-corrected chi connectivity index (χ0v) is 22.3. The van der Waals surface area contributed by atoms with Gasteiger partial charge in [-0.15, -0.1) is 11.8 Å². The van der Waals surface area contributed by atoms with Crippen molar-refractivity contribution >= 4 is 59.3 Å². The maximum absolute atomic E-state index is 10.0. The molecule has 1 aromatic heterocycles. The Morgan fingerprint density at radius 2 is 1.39 bits per heavy atom. The van der Waals surface area contributed by atoms with Gasteiger partial charge in [-0.3, -0.25) is 0 Å². The van der Waals surface area contributed by atoms with Gasteiger partial charge in [-0.2, -0.15) is 5.26 Å². The van der Waals surface area contributed by atoms with Crippen LogP contribution in [0.3, 0.4) is 0 Å². The predicted octanol–water partition coefficient (Wildman–Crippen LogP) is 9.51. The zero-order chi connectivity index (χ0) is 25.5. The Kier molecular flexibility index (Phi) is 8.67. The molecule has 1 heterocycles. The first-order chi connectivity index (χ1) is 17.4. The molecule has 0 unspecified atom stereocenters. The van der Waals surface area contributed by atoms with Crippen molar-refractivity contribution in [1.82, 2.24) is 4.98 Å². The molecule has 0 aliphatic heterocycles. The quantitative estimate of drug-likeness (QED) is 0.225. The standard InChI is InChI=1S/C31H24Cl2N2S/c1-21-3-7-23(8-4-21)11-14-26-18-27(15-12-24-9-5-22(2)6-10-24)35-31(28(26)19-34)36-20-25-13-16-29(32)30(33)17-25/h3-18H,20H2,1-2H3. The summed E-state index contributed by atoms with van der Waals surface area (Å²) in [6.45, 7) is 4.13. The van der Waals surface area contributed by atoms with Crippen molar-refractivity contribution < 1.29 is 0 Å². The van der Waals surface area contributed by atoms with Gasteiger partial charge in [0.1, 0.15) is 11.1 Å². The van der Waals surface area contributed by atoms with Gasteiger partial charge in [-0.05, 0) is 60.4 Å². The van der Waals surface area contributed by atoms with Gasteiger partial charge in [0.15, 0.2) is 0 Å². The molecular weight excluding hydrogens is 503 g/mol. The Labute approximate surface area is 226 Å². The highest BCUT2D eigenvalue weighted by molar-refractivity contribution is 7.98. The molecule has 2 nitrogen and oxygen atoms in total. The number of thioether (sulfide) groups is 1. The molecule has 0 radical (unpaired) electrons. The molecule has 0 atom stereocenters. The lowest BCUT2D eigenvalue weighted by Crippen LogP contribution is -1.95. The highest BCUT2D eigenvalue weighted by atomic mass is 35.5. The predicted molar refractivity (Wildman–Crippen MR) is 155 cm³/mol. The zero-order valence-electron chi connectivity index (χ0n) is 20.0. The van der Waals surface area contributed by atoms with Crippen molar-refractivity contribution in [3.05, 3.63) is 127 Å². The minimum absolute atomic E-state index is 0.514. The van der Waals surface area contributed by atoms with E-state index in [9.17, 15) is 5.26 Å². The number of hydrogen-bond acceptors (Lipinski definition) is 3. The number of nitriles is 1. The smallest absolute Gasteiger partial charge is 0.115 e. The molecule has 4 aromatic rings. The summed E-state index contributed by atoms with van der Waals surface area (Å²) in [4.78, 5) is 4.82. The first-order valence-corrected chi connectivity index (χ1v) is 13.2. The van der Waals surface area contributed by atoms with Gasteiger partial charge in [0.05, 0.1) is 21.3 Å². The second-order valence-corrected chi connectivity index (χ2v) is 10.2. The molecule has 5 heteroatoms. The monoisotopic (exact) mass is 526 g/mol. The maximum atomic E-state index is 10.0.